The van der Waals surface area contributed by atoms with E-state index >= 15 is 0 Å². The van der Waals surface area contributed by atoms with Crippen LogP contribution in [0.25, 0.3) is 0 Å². The maximum absolute atomic E-state index is 13.5. The van der Waals surface area contributed by atoms with Crippen molar-refractivity contribution in [1.82, 2.24) is 5.32 Å². The third kappa shape index (κ3) is 3.44. The summed E-state index contributed by atoms with van der Waals surface area (Å²) in [6.45, 7) is 4.98. The first-order valence-electron chi connectivity index (χ1n) is 6.91. The summed E-state index contributed by atoms with van der Waals surface area (Å²) in [5.41, 5.74) is 1.88. The summed E-state index contributed by atoms with van der Waals surface area (Å²) in [5.74, 6) is -1.06. The number of benzene rings is 1. The number of aryl methyl sites for hydroxylation is 1. The number of hydrogen-bond donors (Lipinski definition) is 1. The van der Waals surface area contributed by atoms with E-state index in [2.05, 4.69) is 25.2 Å². The molecule has 1 heterocycles. The molecular weight excluding hydrogens is 276 g/mol. The Kier molecular flexibility index (Phi) is 5.26. The Morgan fingerprint density at radius 1 is 1.15 bits per heavy atom. The van der Waals surface area contributed by atoms with Crippen LogP contribution in [0, 0.1) is 11.6 Å². The van der Waals surface area contributed by atoms with Gasteiger partial charge in [0.05, 0.1) is 6.04 Å². The summed E-state index contributed by atoms with van der Waals surface area (Å²) in [6.07, 6.45) is 1.89. The Balaban J connectivity index is 2.41. The average Bonchev–Trinajstić information content (AvgIpc) is 2.86. The first-order valence-corrected chi connectivity index (χ1v) is 7.79. The zero-order valence-electron chi connectivity index (χ0n) is 11.7. The monoisotopic (exact) mass is 295 g/mol. The zero-order chi connectivity index (χ0) is 14.5. The first kappa shape index (κ1) is 15.1. The Morgan fingerprint density at radius 2 is 1.85 bits per heavy atom. The molecule has 1 nitrogen and oxygen atoms in total. The molecule has 0 spiro atoms. The second kappa shape index (κ2) is 6.95. The lowest BCUT2D eigenvalue weighted by Crippen LogP contribution is -2.23. The smallest absolute Gasteiger partial charge is 0.126 e. The summed E-state index contributed by atoms with van der Waals surface area (Å²) >= 11 is 1.63. The van der Waals surface area contributed by atoms with E-state index in [0.29, 0.717) is 5.56 Å². The van der Waals surface area contributed by atoms with E-state index in [1.54, 1.807) is 11.3 Å². The molecule has 0 aliphatic carbocycles. The molecule has 20 heavy (non-hydrogen) atoms. The van der Waals surface area contributed by atoms with E-state index < -0.39 is 11.6 Å². The maximum Gasteiger partial charge on any atom is 0.126 e. The lowest BCUT2D eigenvalue weighted by atomic mass is 10.0. The van der Waals surface area contributed by atoms with Crippen molar-refractivity contribution in [2.24, 2.45) is 0 Å². The molecule has 0 radical (unpaired) electrons. The fourth-order valence-corrected chi connectivity index (χ4v) is 3.38. The number of thiophene rings is 1. The van der Waals surface area contributed by atoms with Gasteiger partial charge < -0.3 is 5.32 Å². The highest BCUT2D eigenvalue weighted by Crippen LogP contribution is 2.31. The van der Waals surface area contributed by atoms with Crippen LogP contribution >= 0.6 is 11.3 Å². The van der Waals surface area contributed by atoms with Gasteiger partial charge in [-0.1, -0.05) is 13.8 Å². The van der Waals surface area contributed by atoms with Crippen LogP contribution in [0.2, 0.25) is 0 Å². The van der Waals surface area contributed by atoms with Crippen molar-refractivity contribution in [3.8, 4) is 0 Å². The molecule has 0 aliphatic rings. The Morgan fingerprint density at radius 3 is 2.45 bits per heavy atom. The number of halogens is 2. The average molecular weight is 295 g/mol. The summed E-state index contributed by atoms with van der Waals surface area (Å²) in [6, 6.07) is 5.67. The van der Waals surface area contributed by atoms with E-state index in [0.717, 1.165) is 30.3 Å². The SMILES string of the molecule is CCCNC(c1cc(F)cc(F)c1)c1sccc1CC. The van der Waals surface area contributed by atoms with Crippen molar-refractivity contribution < 1.29 is 8.78 Å². The third-order valence-corrected chi connectivity index (χ3v) is 4.26. The van der Waals surface area contributed by atoms with E-state index in [9.17, 15) is 8.78 Å². The number of hydrogen-bond acceptors (Lipinski definition) is 2. The number of nitrogens with one attached hydrogen (secondary N) is 1. The molecule has 1 N–H and O–H groups in total. The van der Waals surface area contributed by atoms with Gasteiger partial charge in [-0.3, -0.25) is 0 Å². The molecule has 0 amide bonds. The van der Waals surface area contributed by atoms with E-state index in [4.69, 9.17) is 0 Å². The van der Waals surface area contributed by atoms with E-state index in [-0.39, 0.29) is 6.04 Å². The molecule has 4 heteroatoms. The zero-order valence-corrected chi connectivity index (χ0v) is 12.6. The van der Waals surface area contributed by atoms with E-state index in [1.165, 1.54) is 17.7 Å². The summed E-state index contributed by atoms with van der Waals surface area (Å²) < 4.78 is 26.9. The van der Waals surface area contributed by atoms with Crippen LogP contribution in [0.4, 0.5) is 8.78 Å². The maximum atomic E-state index is 13.5. The first-order chi connectivity index (χ1) is 9.65. The normalized spacial score (nSPS) is 12.6. The molecule has 1 unspecified atom stereocenters. The second-order valence-electron chi connectivity index (χ2n) is 4.75. The largest absolute Gasteiger partial charge is 0.306 e. The van der Waals surface area contributed by atoms with Gasteiger partial charge in [0.25, 0.3) is 0 Å². The summed E-state index contributed by atoms with van der Waals surface area (Å²) in [7, 11) is 0. The van der Waals surface area contributed by atoms with Crippen LogP contribution in [-0.2, 0) is 6.42 Å². The van der Waals surface area contributed by atoms with Crippen LogP contribution in [-0.4, -0.2) is 6.54 Å². The molecule has 2 rings (SSSR count). The molecule has 1 aromatic heterocycles. The molecule has 2 aromatic rings. The van der Waals surface area contributed by atoms with Gasteiger partial charge in [-0.25, -0.2) is 8.78 Å². The van der Waals surface area contributed by atoms with Gasteiger partial charge in [0.2, 0.25) is 0 Å². The molecule has 0 aliphatic heterocycles. The lowest BCUT2D eigenvalue weighted by Gasteiger charge is -2.19. The van der Waals surface area contributed by atoms with Gasteiger partial charge in [0.15, 0.2) is 0 Å². The van der Waals surface area contributed by atoms with Gasteiger partial charge in [0.1, 0.15) is 11.6 Å². The van der Waals surface area contributed by atoms with Crippen molar-refractivity contribution in [3.63, 3.8) is 0 Å². The Bertz CT molecular complexity index is 545. The van der Waals surface area contributed by atoms with Crippen molar-refractivity contribution in [3.05, 3.63) is 57.3 Å². The highest BCUT2D eigenvalue weighted by atomic mass is 32.1. The van der Waals surface area contributed by atoms with Crippen LogP contribution in [0.1, 0.15) is 42.3 Å². The minimum absolute atomic E-state index is 0.143. The molecule has 0 bridgehead atoms. The minimum atomic E-state index is -0.530. The van der Waals surface area contributed by atoms with Gasteiger partial charge in [-0.15, -0.1) is 11.3 Å². The molecule has 108 valence electrons. The third-order valence-electron chi connectivity index (χ3n) is 3.24. The lowest BCUT2D eigenvalue weighted by molar-refractivity contribution is 0.560. The van der Waals surface area contributed by atoms with Crippen molar-refractivity contribution in [2.75, 3.05) is 6.54 Å². The molecule has 0 fully saturated rings. The molecule has 1 aromatic carbocycles. The van der Waals surface area contributed by atoms with Gasteiger partial charge in [0, 0.05) is 10.9 Å². The standard InChI is InChI=1S/C16H19F2NS/c1-3-6-19-15(16-11(4-2)5-7-20-16)12-8-13(17)10-14(18)9-12/h5,7-10,15,19H,3-4,6H2,1-2H3. The predicted octanol–water partition coefficient (Wildman–Crippen LogP) is 4.68. The van der Waals surface area contributed by atoms with Crippen LogP contribution in [0.5, 0.6) is 0 Å². The van der Waals surface area contributed by atoms with Crippen LogP contribution in [0.3, 0.4) is 0 Å². The summed E-state index contributed by atoms with van der Waals surface area (Å²) in [5, 5.41) is 5.43. The molecule has 1 atom stereocenters. The number of rotatable bonds is 6. The highest BCUT2D eigenvalue weighted by Gasteiger charge is 2.19. The molecule has 0 saturated heterocycles. The van der Waals surface area contributed by atoms with Gasteiger partial charge >= 0.3 is 0 Å². The minimum Gasteiger partial charge on any atom is -0.306 e. The van der Waals surface area contributed by atoms with Crippen molar-refractivity contribution >= 4 is 11.3 Å². The van der Waals surface area contributed by atoms with Crippen molar-refractivity contribution in [2.45, 2.75) is 32.7 Å². The van der Waals surface area contributed by atoms with Gasteiger partial charge in [-0.2, -0.15) is 0 Å². The fourth-order valence-electron chi connectivity index (χ4n) is 2.29. The van der Waals surface area contributed by atoms with Gasteiger partial charge in [-0.05, 0) is 54.1 Å². The van der Waals surface area contributed by atoms with Crippen LogP contribution in [0.15, 0.2) is 29.6 Å². The Labute approximate surface area is 122 Å². The fraction of sp³-hybridized carbons (Fsp3) is 0.375. The van der Waals surface area contributed by atoms with Crippen LogP contribution < -0.4 is 5.32 Å². The van der Waals surface area contributed by atoms with E-state index in [1.807, 2.05) is 5.38 Å². The predicted molar refractivity (Wildman–Crippen MR) is 80.2 cm³/mol. The second-order valence-corrected chi connectivity index (χ2v) is 5.70. The summed E-state index contributed by atoms with van der Waals surface area (Å²) in [4.78, 5) is 1.14. The quantitative estimate of drug-likeness (QED) is 0.816. The highest BCUT2D eigenvalue weighted by molar-refractivity contribution is 7.10. The molecule has 0 saturated carbocycles. The Hall–Kier alpha value is -1.26. The van der Waals surface area contributed by atoms with Crippen molar-refractivity contribution in [1.29, 1.82) is 0 Å². The molecular formula is C16H19F2NS. The topological polar surface area (TPSA) is 12.0 Å².